The van der Waals surface area contributed by atoms with Gasteiger partial charge in [-0.25, -0.2) is 14.8 Å². The molecule has 4 heterocycles. The van der Waals surface area contributed by atoms with Crippen LogP contribution >= 0.6 is 11.3 Å². The Bertz CT molecular complexity index is 1470. The predicted molar refractivity (Wildman–Crippen MR) is 134 cm³/mol. The van der Waals surface area contributed by atoms with Crippen molar-refractivity contribution in [3.05, 3.63) is 35.0 Å². The molecule has 0 bridgehead atoms. The molecule has 0 saturated carbocycles. The average Bonchev–Trinajstić information content (AvgIpc) is 3.40. The summed E-state index contributed by atoms with van der Waals surface area (Å²) in [6, 6.07) is 3.81. The highest BCUT2D eigenvalue weighted by atomic mass is 32.1. The summed E-state index contributed by atoms with van der Waals surface area (Å²) in [6.45, 7) is 6.62. The Morgan fingerprint density at radius 2 is 1.94 bits per heavy atom. The van der Waals surface area contributed by atoms with Crippen LogP contribution in [0.2, 0.25) is 0 Å². The van der Waals surface area contributed by atoms with Crippen molar-refractivity contribution in [3.8, 4) is 16.3 Å². The number of ether oxygens (including phenoxy) is 2. The lowest BCUT2D eigenvalue weighted by Gasteiger charge is -2.33. The van der Waals surface area contributed by atoms with E-state index in [9.17, 15) is 9.59 Å². The molecule has 0 unspecified atom stereocenters. The van der Waals surface area contributed by atoms with Crippen molar-refractivity contribution in [3.63, 3.8) is 0 Å². The molecule has 11 heteroatoms. The summed E-state index contributed by atoms with van der Waals surface area (Å²) >= 11 is 1.31. The summed E-state index contributed by atoms with van der Waals surface area (Å²) < 4.78 is 15.0. The standard InChI is InChI=1S/C24H28N6O4S/c1-24(2,3)34-23(32)29-8-6-15(7-9-29)30-13-25-20-19(22(30)31)35-21(26-20)16-10-14-12-28(4)27-17(14)11-18(16)33-5/h10-13,15H,6-9H2,1-5H3. The highest BCUT2D eigenvalue weighted by Crippen LogP contribution is 2.37. The van der Waals surface area contributed by atoms with Gasteiger partial charge in [-0.05, 0) is 39.7 Å². The van der Waals surface area contributed by atoms with Gasteiger partial charge in [0.15, 0.2) is 5.65 Å². The molecule has 1 saturated heterocycles. The number of benzene rings is 1. The summed E-state index contributed by atoms with van der Waals surface area (Å²) in [5, 5.41) is 6.07. The molecular weight excluding hydrogens is 468 g/mol. The van der Waals surface area contributed by atoms with Gasteiger partial charge in [-0.1, -0.05) is 0 Å². The van der Waals surface area contributed by atoms with Crippen molar-refractivity contribution in [2.75, 3.05) is 20.2 Å². The van der Waals surface area contributed by atoms with Crippen molar-refractivity contribution < 1.29 is 14.3 Å². The molecule has 5 rings (SSSR count). The van der Waals surface area contributed by atoms with Crippen LogP contribution in [0, 0.1) is 0 Å². The van der Waals surface area contributed by atoms with Crippen LogP contribution < -0.4 is 10.3 Å². The van der Waals surface area contributed by atoms with Crippen LogP contribution in [0.5, 0.6) is 5.75 Å². The Morgan fingerprint density at radius 3 is 2.63 bits per heavy atom. The van der Waals surface area contributed by atoms with Gasteiger partial charge >= 0.3 is 6.09 Å². The van der Waals surface area contributed by atoms with Crippen molar-refractivity contribution in [1.82, 2.24) is 29.2 Å². The Labute approximate surface area is 206 Å². The zero-order valence-corrected chi connectivity index (χ0v) is 21.3. The SMILES string of the molecule is COc1cc2nn(C)cc2cc1-c1nc2ncn(C3CCN(C(=O)OC(C)(C)C)CC3)c(=O)c2s1. The first-order valence-corrected chi connectivity index (χ1v) is 12.3. The molecule has 0 spiro atoms. The van der Waals surface area contributed by atoms with Crippen LogP contribution in [0.25, 0.3) is 31.8 Å². The van der Waals surface area contributed by atoms with Crippen molar-refractivity contribution in [1.29, 1.82) is 0 Å². The van der Waals surface area contributed by atoms with E-state index >= 15 is 0 Å². The predicted octanol–water partition coefficient (Wildman–Crippen LogP) is 3.99. The maximum Gasteiger partial charge on any atom is 0.410 e. The number of aromatic nitrogens is 5. The molecule has 1 aliphatic rings. The zero-order valence-electron chi connectivity index (χ0n) is 20.4. The van der Waals surface area contributed by atoms with E-state index in [1.807, 2.05) is 46.1 Å². The maximum absolute atomic E-state index is 13.4. The van der Waals surface area contributed by atoms with Gasteiger partial charge in [0, 0.05) is 43.8 Å². The number of carbonyl (C=O) groups excluding carboxylic acids is 1. The third-order valence-corrected chi connectivity index (χ3v) is 7.09. The zero-order chi connectivity index (χ0) is 24.9. The number of likely N-dealkylation sites (tertiary alicyclic amines) is 1. The fourth-order valence-corrected chi connectivity index (χ4v) is 5.34. The van der Waals surface area contributed by atoms with Gasteiger partial charge in [-0.2, -0.15) is 5.10 Å². The Balaban J connectivity index is 1.42. The summed E-state index contributed by atoms with van der Waals surface area (Å²) in [4.78, 5) is 36.6. The smallest absolute Gasteiger partial charge is 0.410 e. The quantitative estimate of drug-likeness (QED) is 0.422. The molecule has 1 fully saturated rings. The van der Waals surface area contributed by atoms with Gasteiger partial charge in [-0.15, -0.1) is 11.3 Å². The first kappa shape index (κ1) is 23.3. The lowest BCUT2D eigenvalue weighted by atomic mass is 10.1. The molecule has 0 atom stereocenters. The van der Waals surface area contributed by atoms with Gasteiger partial charge in [-0.3, -0.25) is 14.0 Å². The molecule has 4 aromatic rings. The van der Waals surface area contributed by atoms with Crippen molar-refractivity contribution >= 4 is 38.7 Å². The van der Waals surface area contributed by atoms with E-state index < -0.39 is 5.60 Å². The van der Waals surface area contributed by atoms with E-state index in [2.05, 4.69) is 15.1 Å². The number of hydrogen-bond donors (Lipinski definition) is 0. The Hall–Kier alpha value is -3.47. The van der Waals surface area contributed by atoms with Crippen molar-refractivity contribution in [2.24, 2.45) is 7.05 Å². The van der Waals surface area contributed by atoms with Crippen LogP contribution in [0.3, 0.4) is 0 Å². The summed E-state index contributed by atoms with van der Waals surface area (Å²) in [7, 11) is 3.48. The summed E-state index contributed by atoms with van der Waals surface area (Å²) in [5.41, 5.74) is 1.40. The lowest BCUT2D eigenvalue weighted by Crippen LogP contribution is -2.43. The fraction of sp³-hybridized carbons (Fsp3) is 0.458. The van der Waals surface area contributed by atoms with Gasteiger partial charge < -0.3 is 14.4 Å². The number of carbonyl (C=O) groups is 1. The molecular formula is C24H28N6O4S. The van der Waals surface area contributed by atoms with Crippen molar-refractivity contribution in [2.45, 2.75) is 45.3 Å². The number of methoxy groups -OCH3 is 1. The summed E-state index contributed by atoms with van der Waals surface area (Å²) in [6.07, 6.45) is 4.50. The summed E-state index contributed by atoms with van der Waals surface area (Å²) in [5.74, 6) is 0.644. The van der Waals surface area contributed by atoms with E-state index in [0.29, 0.717) is 47.0 Å². The van der Waals surface area contributed by atoms with Crippen LogP contribution in [-0.4, -0.2) is 61.1 Å². The second-order valence-electron chi connectivity index (χ2n) is 9.74. The van der Waals surface area contributed by atoms with E-state index in [-0.39, 0.29) is 17.7 Å². The maximum atomic E-state index is 13.4. The van der Waals surface area contributed by atoms with Crippen LogP contribution in [0.15, 0.2) is 29.5 Å². The third kappa shape index (κ3) is 4.47. The Morgan fingerprint density at radius 1 is 1.20 bits per heavy atom. The molecule has 0 aliphatic carbocycles. The van der Waals surface area contributed by atoms with E-state index in [0.717, 1.165) is 16.5 Å². The average molecular weight is 497 g/mol. The van der Waals surface area contributed by atoms with E-state index in [1.165, 1.54) is 11.3 Å². The number of nitrogens with zero attached hydrogens (tertiary/aromatic N) is 6. The molecule has 1 aliphatic heterocycles. The molecule has 0 radical (unpaired) electrons. The van der Waals surface area contributed by atoms with Gasteiger partial charge in [0.2, 0.25) is 0 Å². The van der Waals surface area contributed by atoms with E-state index in [1.54, 1.807) is 27.6 Å². The molecule has 1 amide bonds. The van der Waals surface area contributed by atoms with Crippen LogP contribution in [0.1, 0.15) is 39.7 Å². The number of amides is 1. The Kier molecular flexibility index (Phi) is 5.74. The normalized spacial score (nSPS) is 15.2. The second-order valence-corrected chi connectivity index (χ2v) is 10.7. The number of fused-ring (bicyclic) bond motifs is 2. The third-order valence-electron chi connectivity index (χ3n) is 6.02. The molecule has 0 N–H and O–H groups in total. The van der Waals surface area contributed by atoms with Crippen LogP contribution in [-0.2, 0) is 11.8 Å². The highest BCUT2D eigenvalue weighted by Gasteiger charge is 2.28. The highest BCUT2D eigenvalue weighted by molar-refractivity contribution is 7.21. The number of aryl methyl sites for hydroxylation is 1. The van der Waals surface area contributed by atoms with Gasteiger partial charge in [0.05, 0.1) is 18.2 Å². The number of rotatable bonds is 3. The number of piperidine rings is 1. The minimum absolute atomic E-state index is 0.0371. The first-order chi connectivity index (χ1) is 16.6. The first-order valence-electron chi connectivity index (χ1n) is 11.5. The van der Waals surface area contributed by atoms with Gasteiger partial charge in [0.25, 0.3) is 5.56 Å². The monoisotopic (exact) mass is 496 g/mol. The molecule has 10 nitrogen and oxygen atoms in total. The number of hydrogen-bond acceptors (Lipinski definition) is 8. The lowest BCUT2D eigenvalue weighted by molar-refractivity contribution is 0.0187. The molecule has 184 valence electrons. The molecule has 35 heavy (non-hydrogen) atoms. The molecule has 1 aromatic carbocycles. The minimum Gasteiger partial charge on any atom is -0.496 e. The van der Waals surface area contributed by atoms with Crippen LogP contribution in [0.4, 0.5) is 4.79 Å². The number of thiazole rings is 1. The largest absolute Gasteiger partial charge is 0.496 e. The topological polar surface area (TPSA) is 104 Å². The minimum atomic E-state index is -0.534. The fourth-order valence-electron chi connectivity index (χ4n) is 4.37. The molecule has 3 aromatic heterocycles. The second kappa shape index (κ2) is 8.63. The van der Waals surface area contributed by atoms with E-state index in [4.69, 9.17) is 9.47 Å². The van der Waals surface area contributed by atoms with Gasteiger partial charge in [0.1, 0.15) is 27.4 Å².